The summed E-state index contributed by atoms with van der Waals surface area (Å²) < 4.78 is 0. The summed E-state index contributed by atoms with van der Waals surface area (Å²) >= 11 is 0. The maximum atomic E-state index is 12.8. The minimum Gasteiger partial charge on any atom is -0.354 e. The van der Waals surface area contributed by atoms with Gasteiger partial charge in [0.1, 0.15) is 0 Å². The largest absolute Gasteiger partial charge is 0.354 e. The lowest BCUT2D eigenvalue weighted by Gasteiger charge is -2.34. The first kappa shape index (κ1) is 25.5. The maximum Gasteiger partial charge on any atom is 0.228 e. The first-order valence-corrected chi connectivity index (χ1v) is 13.6. The predicted octanol–water partition coefficient (Wildman–Crippen LogP) is 8.36. The summed E-state index contributed by atoms with van der Waals surface area (Å²) in [5.74, 6) is 1.86. The highest BCUT2D eigenvalue weighted by Gasteiger charge is 2.47. The monoisotopic (exact) mass is 472 g/mol. The third kappa shape index (κ3) is 5.20. The van der Waals surface area contributed by atoms with E-state index in [0.29, 0.717) is 23.7 Å². The quantitative estimate of drug-likeness (QED) is 0.385. The molecule has 2 aliphatic rings. The molecule has 2 aromatic rings. The zero-order valence-corrected chi connectivity index (χ0v) is 22.7. The fraction of sp³-hybridized carbons (Fsp3) is 0.531. The molecule has 0 spiro atoms. The van der Waals surface area contributed by atoms with Gasteiger partial charge < -0.3 is 9.88 Å². The van der Waals surface area contributed by atoms with E-state index in [9.17, 15) is 4.79 Å². The second-order valence-corrected chi connectivity index (χ2v) is 11.6. The molecule has 4 rings (SSSR count). The Morgan fingerprint density at radius 3 is 2.49 bits per heavy atom. The zero-order valence-electron chi connectivity index (χ0n) is 22.7. The van der Waals surface area contributed by atoms with Gasteiger partial charge in [-0.15, -0.1) is 0 Å². The van der Waals surface area contributed by atoms with E-state index in [-0.39, 0.29) is 5.41 Å². The molecule has 1 saturated heterocycles. The van der Waals surface area contributed by atoms with Gasteiger partial charge in [0.15, 0.2) is 0 Å². The summed E-state index contributed by atoms with van der Waals surface area (Å²) in [4.78, 5) is 18.7. The van der Waals surface area contributed by atoms with E-state index in [1.54, 1.807) is 0 Å². The van der Waals surface area contributed by atoms with Crippen molar-refractivity contribution in [2.75, 3.05) is 13.1 Å². The van der Waals surface area contributed by atoms with Gasteiger partial charge in [0.25, 0.3) is 0 Å². The van der Waals surface area contributed by atoms with Crippen LogP contribution in [0, 0.1) is 11.3 Å². The number of aromatic nitrogens is 1. The van der Waals surface area contributed by atoms with Crippen LogP contribution < -0.4 is 0 Å². The van der Waals surface area contributed by atoms with Crippen LogP contribution in [-0.2, 0) is 4.79 Å². The highest BCUT2D eigenvalue weighted by atomic mass is 16.2. The number of hydrogen-bond donors (Lipinski definition) is 1. The minimum atomic E-state index is -0.0577. The first-order valence-electron chi connectivity index (χ1n) is 13.6. The number of piperidine rings is 1. The Labute approximate surface area is 212 Å². The minimum absolute atomic E-state index is 0.0577. The molecule has 3 nitrogen and oxygen atoms in total. The van der Waals surface area contributed by atoms with E-state index < -0.39 is 0 Å². The Morgan fingerprint density at radius 1 is 1.23 bits per heavy atom. The molecule has 0 radical (unpaired) electrons. The van der Waals surface area contributed by atoms with Crippen molar-refractivity contribution in [3.8, 4) is 0 Å². The molecule has 1 aliphatic heterocycles. The standard InChI is InChI=1S/C32H44N2O/c1-8-10-26(19-23(6)22(5)9-2)30-29(21(3)4)27-20-25(11-12-28(27)33-30)24-13-17-34(18-14-24)31(35)32(7)15-16-32/h8,10-12,19-22,24,33H,1,9,13-18H2,2-7H3/b23-19-,26-10+. The third-order valence-electron chi connectivity index (χ3n) is 8.57. The van der Waals surface area contributed by atoms with Gasteiger partial charge in [0.2, 0.25) is 5.91 Å². The average molecular weight is 473 g/mol. The molecular weight excluding hydrogens is 428 g/mol. The first-order chi connectivity index (χ1) is 16.7. The highest BCUT2D eigenvalue weighted by molar-refractivity contribution is 5.92. The smallest absolute Gasteiger partial charge is 0.228 e. The van der Waals surface area contributed by atoms with Gasteiger partial charge in [-0.25, -0.2) is 0 Å². The van der Waals surface area contributed by atoms with Crippen molar-refractivity contribution in [1.82, 2.24) is 9.88 Å². The number of rotatable bonds is 8. The van der Waals surface area contributed by atoms with Gasteiger partial charge in [-0.2, -0.15) is 0 Å². The lowest BCUT2D eigenvalue weighted by molar-refractivity contribution is -0.137. The number of carbonyl (C=O) groups excluding carboxylic acids is 1. The van der Waals surface area contributed by atoms with Crippen LogP contribution in [0.3, 0.4) is 0 Å². The van der Waals surface area contributed by atoms with Crippen molar-refractivity contribution in [1.29, 1.82) is 0 Å². The summed E-state index contributed by atoms with van der Waals surface area (Å²) in [6, 6.07) is 6.99. The molecule has 1 atom stereocenters. The van der Waals surface area contributed by atoms with Crippen LogP contribution in [0.5, 0.6) is 0 Å². The van der Waals surface area contributed by atoms with E-state index in [1.807, 2.05) is 6.08 Å². The van der Waals surface area contributed by atoms with E-state index in [4.69, 9.17) is 0 Å². The molecule has 1 unspecified atom stereocenters. The molecule has 1 amide bonds. The Bertz CT molecular complexity index is 1150. The highest BCUT2D eigenvalue weighted by Crippen LogP contribution is 2.47. The Kier molecular flexibility index (Phi) is 7.45. The van der Waals surface area contributed by atoms with Gasteiger partial charge in [0, 0.05) is 35.1 Å². The number of amides is 1. The fourth-order valence-electron chi connectivity index (χ4n) is 5.55. The average Bonchev–Trinajstić information content (AvgIpc) is 3.49. The SMILES string of the molecule is C=C/C=C(\C=C(\C)C(C)CC)c1[nH]c2ccc(C3CCN(C(=O)C4(C)CC4)CC3)cc2c1C(C)C. The van der Waals surface area contributed by atoms with Gasteiger partial charge in [0.05, 0.1) is 0 Å². The number of likely N-dealkylation sites (tertiary alicyclic amines) is 1. The van der Waals surface area contributed by atoms with Crippen molar-refractivity contribution >= 4 is 22.4 Å². The molecule has 2 heterocycles. The summed E-state index contributed by atoms with van der Waals surface area (Å²) in [6.07, 6.45) is 11.7. The van der Waals surface area contributed by atoms with Crippen LogP contribution in [0.15, 0.2) is 48.6 Å². The predicted molar refractivity (Wildman–Crippen MR) is 150 cm³/mol. The van der Waals surface area contributed by atoms with E-state index in [1.165, 1.54) is 38.9 Å². The second kappa shape index (κ2) is 10.2. The molecule has 188 valence electrons. The van der Waals surface area contributed by atoms with Crippen LogP contribution in [0.1, 0.15) is 102 Å². The van der Waals surface area contributed by atoms with Gasteiger partial charge in [-0.1, -0.05) is 71.1 Å². The molecule has 35 heavy (non-hydrogen) atoms. The third-order valence-corrected chi connectivity index (χ3v) is 8.57. The van der Waals surface area contributed by atoms with Gasteiger partial charge in [-0.05, 0) is 85.6 Å². The number of H-pyrrole nitrogens is 1. The number of allylic oxidation sites excluding steroid dienone is 5. The lowest BCUT2D eigenvalue weighted by Crippen LogP contribution is -2.41. The van der Waals surface area contributed by atoms with E-state index >= 15 is 0 Å². The van der Waals surface area contributed by atoms with Crippen molar-refractivity contribution in [3.63, 3.8) is 0 Å². The maximum absolute atomic E-state index is 12.8. The number of benzene rings is 1. The van der Waals surface area contributed by atoms with E-state index in [0.717, 1.165) is 45.2 Å². The summed E-state index contributed by atoms with van der Waals surface area (Å²) in [5, 5.41) is 1.33. The number of hydrogen-bond acceptors (Lipinski definition) is 1. The van der Waals surface area contributed by atoms with Crippen LogP contribution in [-0.4, -0.2) is 28.9 Å². The molecule has 1 saturated carbocycles. The molecule has 0 bridgehead atoms. The number of fused-ring (bicyclic) bond motifs is 1. The van der Waals surface area contributed by atoms with E-state index in [2.05, 4.69) is 88.4 Å². The van der Waals surface area contributed by atoms with Crippen molar-refractivity contribution in [2.45, 2.75) is 85.5 Å². The second-order valence-electron chi connectivity index (χ2n) is 11.6. The normalized spacial score (nSPS) is 19.9. The van der Waals surface area contributed by atoms with Crippen molar-refractivity contribution in [3.05, 3.63) is 65.4 Å². The number of nitrogens with zero attached hydrogens (tertiary/aromatic N) is 1. The van der Waals surface area contributed by atoms with Crippen LogP contribution in [0.4, 0.5) is 0 Å². The number of aromatic amines is 1. The van der Waals surface area contributed by atoms with Crippen LogP contribution in [0.25, 0.3) is 16.5 Å². The fourth-order valence-corrected chi connectivity index (χ4v) is 5.55. The topological polar surface area (TPSA) is 36.1 Å². The zero-order chi connectivity index (χ0) is 25.3. The molecule has 1 aliphatic carbocycles. The van der Waals surface area contributed by atoms with Crippen molar-refractivity contribution in [2.24, 2.45) is 11.3 Å². The molecular formula is C32H44N2O. The molecule has 1 N–H and O–H groups in total. The van der Waals surface area contributed by atoms with Crippen LogP contribution >= 0.6 is 0 Å². The van der Waals surface area contributed by atoms with Crippen molar-refractivity contribution < 1.29 is 4.79 Å². The number of carbonyl (C=O) groups is 1. The number of nitrogens with one attached hydrogen (secondary N) is 1. The van der Waals surface area contributed by atoms with Gasteiger partial charge in [-0.3, -0.25) is 4.79 Å². The van der Waals surface area contributed by atoms with Crippen LogP contribution in [0.2, 0.25) is 0 Å². The Balaban J connectivity index is 1.64. The Hall–Kier alpha value is -2.55. The molecule has 3 heteroatoms. The summed E-state index contributed by atoms with van der Waals surface area (Å²) in [6.45, 7) is 19.2. The van der Waals surface area contributed by atoms with Gasteiger partial charge >= 0.3 is 0 Å². The Morgan fingerprint density at radius 2 is 1.91 bits per heavy atom. The summed E-state index contributed by atoms with van der Waals surface area (Å²) in [5.41, 5.74) is 7.76. The molecule has 1 aromatic carbocycles. The molecule has 1 aromatic heterocycles. The lowest BCUT2D eigenvalue weighted by atomic mass is 9.87. The molecule has 2 fully saturated rings. The summed E-state index contributed by atoms with van der Waals surface area (Å²) in [7, 11) is 0.